The number of piperazine rings is 1. The van der Waals surface area contributed by atoms with Gasteiger partial charge in [0.15, 0.2) is 0 Å². The summed E-state index contributed by atoms with van der Waals surface area (Å²) in [6.07, 6.45) is 2.56. The second kappa shape index (κ2) is 10.9. The summed E-state index contributed by atoms with van der Waals surface area (Å²) in [5.41, 5.74) is 2.46. The van der Waals surface area contributed by atoms with E-state index in [0.717, 1.165) is 51.0 Å². The number of rotatable bonds is 8. The second-order valence-electron chi connectivity index (χ2n) is 7.46. The van der Waals surface area contributed by atoms with E-state index in [2.05, 4.69) is 28.9 Å². The van der Waals surface area contributed by atoms with Crippen LogP contribution in [0.25, 0.3) is 0 Å². The molecule has 7 heteroatoms. The minimum Gasteiger partial charge on any atom is -0.353 e. The molecule has 1 aromatic carbocycles. The first-order valence-electron chi connectivity index (χ1n) is 10.7. The van der Waals surface area contributed by atoms with E-state index in [4.69, 9.17) is 4.98 Å². The van der Waals surface area contributed by atoms with E-state index in [1.807, 2.05) is 37.3 Å². The van der Waals surface area contributed by atoms with Gasteiger partial charge in [-0.3, -0.25) is 4.90 Å². The molecule has 1 aliphatic rings. The Kier molecular flexibility index (Phi) is 8.06. The molecule has 0 N–H and O–H groups in total. The molecule has 1 saturated heterocycles. The van der Waals surface area contributed by atoms with Gasteiger partial charge in [-0.1, -0.05) is 55.9 Å². The van der Waals surface area contributed by atoms with Crippen LogP contribution in [0.15, 0.2) is 35.4 Å². The van der Waals surface area contributed by atoms with Crippen molar-refractivity contribution in [2.24, 2.45) is 0 Å². The molecule has 0 bridgehead atoms. The van der Waals surface area contributed by atoms with Gasteiger partial charge in [0.05, 0.1) is 16.4 Å². The summed E-state index contributed by atoms with van der Waals surface area (Å²) in [5.74, 6) is 0.634. The largest absolute Gasteiger partial charge is 0.353 e. The number of thioether (sulfide) groups is 1. The number of nitrogens with zero attached hydrogens (tertiary/aromatic N) is 5. The number of benzene rings is 1. The Hall–Kier alpha value is -2.87. The zero-order valence-corrected chi connectivity index (χ0v) is 18.9. The van der Waals surface area contributed by atoms with Gasteiger partial charge < -0.3 is 9.69 Å². The zero-order valence-electron chi connectivity index (χ0n) is 18.0. The number of aldehydes is 1. The van der Waals surface area contributed by atoms with Gasteiger partial charge in [-0.15, -0.1) is 0 Å². The van der Waals surface area contributed by atoms with Crippen LogP contribution in [0.4, 0.5) is 5.82 Å². The molecule has 1 fully saturated rings. The first kappa shape index (κ1) is 22.8. The third-order valence-corrected chi connectivity index (χ3v) is 6.68. The maximum absolute atomic E-state index is 11.9. The highest BCUT2D eigenvalue weighted by molar-refractivity contribution is 8.00. The third kappa shape index (κ3) is 5.07. The molecule has 6 nitrogen and oxygen atoms in total. The third-order valence-electron chi connectivity index (χ3n) is 5.53. The quantitative estimate of drug-likeness (QED) is 0.460. The lowest BCUT2D eigenvalue weighted by atomic mass is 10.0. The number of carbonyl (C=O) groups excluding carboxylic acids is 1. The topological polar surface area (TPSA) is 84.0 Å². The molecule has 1 unspecified atom stereocenters. The number of nitriles is 2. The molecular weight excluding hydrogens is 406 g/mol. The number of aromatic nitrogens is 1. The van der Waals surface area contributed by atoms with E-state index in [1.54, 1.807) is 0 Å². The van der Waals surface area contributed by atoms with Crippen molar-refractivity contribution in [2.45, 2.75) is 37.0 Å². The van der Waals surface area contributed by atoms with Crippen LogP contribution >= 0.6 is 11.8 Å². The van der Waals surface area contributed by atoms with Gasteiger partial charge in [0.1, 0.15) is 29.3 Å². The highest BCUT2D eigenvalue weighted by Crippen LogP contribution is 2.38. The summed E-state index contributed by atoms with van der Waals surface area (Å²) >= 11 is 1.28. The number of anilines is 1. The lowest BCUT2D eigenvalue weighted by molar-refractivity contribution is -0.107. The predicted molar refractivity (Wildman–Crippen MR) is 123 cm³/mol. The van der Waals surface area contributed by atoms with E-state index < -0.39 is 5.25 Å². The summed E-state index contributed by atoms with van der Waals surface area (Å²) < 4.78 is 0. The SMILES string of the molecule is CCCN1CCN(c2nc(SC(C=O)c3ccccc3)c(C#N)c(CC)c2C#N)CC1. The molecule has 0 amide bonds. The average molecular weight is 434 g/mol. The van der Waals surface area contributed by atoms with Crippen molar-refractivity contribution in [1.29, 1.82) is 10.5 Å². The smallest absolute Gasteiger partial charge is 0.148 e. The van der Waals surface area contributed by atoms with Crippen LogP contribution in [0.3, 0.4) is 0 Å². The van der Waals surface area contributed by atoms with Crippen LogP contribution in [-0.4, -0.2) is 48.9 Å². The van der Waals surface area contributed by atoms with Crippen LogP contribution in [-0.2, 0) is 11.2 Å². The molecule has 160 valence electrons. The predicted octanol–water partition coefficient (Wildman–Crippen LogP) is 3.95. The van der Waals surface area contributed by atoms with Gasteiger partial charge in [0, 0.05) is 26.2 Å². The van der Waals surface area contributed by atoms with Crippen molar-refractivity contribution in [3.8, 4) is 12.1 Å². The van der Waals surface area contributed by atoms with Crippen molar-refractivity contribution in [3.05, 3.63) is 52.6 Å². The Morgan fingerprint density at radius 1 is 1.10 bits per heavy atom. The maximum Gasteiger partial charge on any atom is 0.148 e. The van der Waals surface area contributed by atoms with Crippen molar-refractivity contribution in [3.63, 3.8) is 0 Å². The number of hydrogen-bond donors (Lipinski definition) is 0. The first-order chi connectivity index (χ1) is 15.2. The molecule has 1 atom stereocenters. The number of hydrogen-bond acceptors (Lipinski definition) is 7. The van der Waals surface area contributed by atoms with E-state index in [9.17, 15) is 15.3 Å². The Morgan fingerprint density at radius 3 is 2.32 bits per heavy atom. The first-order valence-corrected chi connectivity index (χ1v) is 11.6. The normalized spacial score (nSPS) is 15.2. The van der Waals surface area contributed by atoms with E-state index >= 15 is 0 Å². The van der Waals surface area contributed by atoms with Crippen molar-refractivity contribution >= 4 is 23.9 Å². The maximum atomic E-state index is 11.9. The molecule has 2 heterocycles. The summed E-state index contributed by atoms with van der Waals surface area (Å²) in [5, 5.41) is 19.8. The van der Waals surface area contributed by atoms with Gasteiger partial charge >= 0.3 is 0 Å². The Bertz CT molecular complexity index is 988. The molecule has 0 saturated carbocycles. The fourth-order valence-corrected chi connectivity index (χ4v) is 4.95. The minimum atomic E-state index is -0.465. The second-order valence-corrected chi connectivity index (χ2v) is 8.59. The molecular formula is C24H27N5OS. The molecule has 2 aromatic rings. The average Bonchev–Trinajstić information content (AvgIpc) is 2.82. The van der Waals surface area contributed by atoms with Crippen LogP contribution in [0, 0.1) is 22.7 Å². The van der Waals surface area contributed by atoms with Crippen LogP contribution in [0.5, 0.6) is 0 Å². The molecule has 1 aliphatic heterocycles. The van der Waals surface area contributed by atoms with E-state index in [0.29, 0.717) is 34.0 Å². The number of carbonyl (C=O) groups is 1. The standard InChI is InChI=1S/C24H27N5OS/c1-3-10-28-11-13-29(14-12-28)23-20(15-25)19(4-2)21(16-26)24(27-23)31-22(17-30)18-8-6-5-7-9-18/h5-9,17,22H,3-4,10-14H2,1-2H3. The van der Waals surface area contributed by atoms with Gasteiger partial charge in [0.2, 0.25) is 0 Å². The lowest BCUT2D eigenvalue weighted by Crippen LogP contribution is -2.47. The lowest BCUT2D eigenvalue weighted by Gasteiger charge is -2.36. The Labute approximate surface area is 188 Å². The molecule has 1 aromatic heterocycles. The van der Waals surface area contributed by atoms with Crippen LogP contribution < -0.4 is 4.90 Å². The van der Waals surface area contributed by atoms with E-state index in [1.165, 1.54) is 11.8 Å². The van der Waals surface area contributed by atoms with Gasteiger partial charge in [0.25, 0.3) is 0 Å². The zero-order chi connectivity index (χ0) is 22.2. The summed E-state index contributed by atoms with van der Waals surface area (Å²) in [6, 6.07) is 14.0. The minimum absolute atomic E-state index is 0.403. The molecule has 0 aliphatic carbocycles. The molecule has 3 rings (SSSR count). The molecule has 0 spiro atoms. The fourth-order valence-electron chi connectivity index (χ4n) is 3.93. The molecule has 0 radical (unpaired) electrons. The van der Waals surface area contributed by atoms with E-state index in [-0.39, 0.29) is 0 Å². The van der Waals surface area contributed by atoms with Crippen molar-refractivity contribution in [1.82, 2.24) is 9.88 Å². The van der Waals surface area contributed by atoms with Crippen LogP contribution in [0.2, 0.25) is 0 Å². The highest BCUT2D eigenvalue weighted by Gasteiger charge is 2.27. The summed E-state index contributed by atoms with van der Waals surface area (Å²) in [6.45, 7) is 8.61. The van der Waals surface area contributed by atoms with Crippen molar-refractivity contribution < 1.29 is 4.79 Å². The van der Waals surface area contributed by atoms with Gasteiger partial charge in [-0.25, -0.2) is 4.98 Å². The van der Waals surface area contributed by atoms with Gasteiger partial charge in [-0.05, 0) is 30.5 Å². The number of pyridine rings is 1. The summed E-state index contributed by atoms with van der Waals surface area (Å²) in [4.78, 5) is 21.2. The Balaban J connectivity index is 2.01. The Morgan fingerprint density at radius 2 is 1.77 bits per heavy atom. The molecule has 31 heavy (non-hydrogen) atoms. The summed E-state index contributed by atoms with van der Waals surface area (Å²) in [7, 11) is 0. The fraction of sp³-hybridized carbons (Fsp3) is 0.417. The van der Waals surface area contributed by atoms with Crippen LogP contribution in [0.1, 0.15) is 47.8 Å². The van der Waals surface area contributed by atoms with Gasteiger partial charge in [-0.2, -0.15) is 10.5 Å². The monoisotopic (exact) mass is 433 g/mol. The van der Waals surface area contributed by atoms with Crippen molar-refractivity contribution in [2.75, 3.05) is 37.6 Å². The highest BCUT2D eigenvalue weighted by atomic mass is 32.2.